The van der Waals surface area contributed by atoms with E-state index in [1.807, 2.05) is 61.2 Å². The lowest BCUT2D eigenvalue weighted by Gasteiger charge is -2.43. The molecule has 1 aromatic carbocycles. The molecule has 0 spiro atoms. The number of nitrogens with zero attached hydrogens (tertiary/aromatic N) is 2. The highest BCUT2D eigenvalue weighted by Gasteiger charge is 2.48. The van der Waals surface area contributed by atoms with Crippen LogP contribution in [-0.4, -0.2) is 40.4 Å². The van der Waals surface area contributed by atoms with E-state index in [4.69, 9.17) is 0 Å². The van der Waals surface area contributed by atoms with Crippen molar-refractivity contribution in [2.45, 2.75) is 32.8 Å². The summed E-state index contributed by atoms with van der Waals surface area (Å²) in [6, 6.07) is 13.5. The predicted octanol–water partition coefficient (Wildman–Crippen LogP) is 2.58. The van der Waals surface area contributed by atoms with E-state index >= 15 is 0 Å². The molecule has 3 rings (SSSR count). The molecule has 5 heteroatoms. The number of carboxylic acid groups (broad SMARTS) is 1. The van der Waals surface area contributed by atoms with Crippen molar-refractivity contribution < 1.29 is 15.0 Å². The third-order valence-corrected chi connectivity index (χ3v) is 5.06. The van der Waals surface area contributed by atoms with Gasteiger partial charge >= 0.3 is 5.97 Å². The van der Waals surface area contributed by atoms with Gasteiger partial charge in [-0.05, 0) is 49.9 Å². The highest BCUT2D eigenvalue weighted by molar-refractivity contribution is 5.76. The first-order chi connectivity index (χ1) is 11.9. The summed E-state index contributed by atoms with van der Waals surface area (Å²) in [4.78, 5) is 18.6. The van der Waals surface area contributed by atoms with Crippen LogP contribution in [0.15, 0.2) is 42.5 Å². The normalized spacial score (nSPS) is 23.5. The molecule has 0 saturated carbocycles. The molecule has 0 bridgehead atoms. The summed E-state index contributed by atoms with van der Waals surface area (Å²) in [5.74, 6) is -0.132. The first-order valence-corrected chi connectivity index (χ1v) is 8.56. The predicted molar refractivity (Wildman–Crippen MR) is 96.8 cm³/mol. The van der Waals surface area contributed by atoms with Crippen LogP contribution in [0.5, 0.6) is 0 Å². The van der Waals surface area contributed by atoms with Gasteiger partial charge in [0.15, 0.2) is 0 Å². The number of aliphatic carboxylic acids is 1. The fourth-order valence-electron chi connectivity index (χ4n) is 3.66. The van der Waals surface area contributed by atoms with Crippen molar-refractivity contribution in [2.75, 3.05) is 18.0 Å². The monoisotopic (exact) mass is 340 g/mol. The number of hydrogen-bond donors (Lipinski definition) is 2. The molecular weight excluding hydrogens is 316 g/mol. The zero-order valence-corrected chi connectivity index (χ0v) is 14.6. The molecule has 0 unspecified atom stereocenters. The topological polar surface area (TPSA) is 73.7 Å². The number of aromatic nitrogens is 1. The number of aryl methyl sites for hydroxylation is 2. The maximum atomic E-state index is 12.0. The molecular formula is C20H24N2O3. The van der Waals surface area contributed by atoms with Gasteiger partial charge in [0, 0.05) is 18.8 Å². The summed E-state index contributed by atoms with van der Waals surface area (Å²) in [6.45, 7) is 4.78. The minimum Gasteiger partial charge on any atom is -0.481 e. The van der Waals surface area contributed by atoms with Crippen LogP contribution in [0.4, 0.5) is 5.82 Å². The highest BCUT2D eigenvalue weighted by Crippen LogP contribution is 2.37. The van der Waals surface area contributed by atoms with Gasteiger partial charge in [-0.15, -0.1) is 0 Å². The Bertz CT molecular complexity index is 743. The van der Waals surface area contributed by atoms with Gasteiger partial charge < -0.3 is 15.1 Å². The van der Waals surface area contributed by atoms with Gasteiger partial charge in [0.1, 0.15) is 11.2 Å². The zero-order chi connectivity index (χ0) is 18.0. The number of anilines is 1. The molecule has 0 radical (unpaired) electrons. The van der Waals surface area contributed by atoms with E-state index in [9.17, 15) is 15.0 Å². The fourth-order valence-corrected chi connectivity index (χ4v) is 3.66. The van der Waals surface area contributed by atoms with Gasteiger partial charge in [0.05, 0.1) is 6.10 Å². The summed E-state index contributed by atoms with van der Waals surface area (Å²) in [7, 11) is 0. The minimum atomic E-state index is -1.16. The summed E-state index contributed by atoms with van der Waals surface area (Å²) in [6.07, 6.45) is -0.243. The Morgan fingerprint density at radius 2 is 2.00 bits per heavy atom. The number of benzene rings is 1. The smallest absolute Gasteiger partial charge is 0.312 e. The van der Waals surface area contributed by atoms with Crippen molar-refractivity contribution in [1.82, 2.24) is 4.98 Å². The van der Waals surface area contributed by atoms with Crippen molar-refractivity contribution in [1.29, 1.82) is 0 Å². The summed E-state index contributed by atoms with van der Waals surface area (Å²) in [5.41, 5.74) is 1.80. The number of rotatable bonds is 4. The van der Waals surface area contributed by atoms with E-state index in [2.05, 4.69) is 4.98 Å². The van der Waals surface area contributed by atoms with Crippen LogP contribution in [0.1, 0.15) is 23.2 Å². The van der Waals surface area contributed by atoms with Crippen molar-refractivity contribution in [2.24, 2.45) is 5.41 Å². The minimum absolute atomic E-state index is 0.273. The summed E-state index contributed by atoms with van der Waals surface area (Å²) < 4.78 is 0. The van der Waals surface area contributed by atoms with Crippen molar-refractivity contribution in [3.05, 3.63) is 59.3 Å². The Kier molecular flexibility index (Phi) is 4.77. The van der Waals surface area contributed by atoms with E-state index in [-0.39, 0.29) is 6.54 Å². The van der Waals surface area contributed by atoms with E-state index < -0.39 is 17.5 Å². The van der Waals surface area contributed by atoms with Crippen LogP contribution in [0.2, 0.25) is 0 Å². The zero-order valence-electron chi connectivity index (χ0n) is 14.6. The molecule has 1 aliphatic rings. The second kappa shape index (κ2) is 6.84. The van der Waals surface area contributed by atoms with Gasteiger partial charge in [-0.1, -0.05) is 30.3 Å². The quantitative estimate of drug-likeness (QED) is 0.895. The maximum absolute atomic E-state index is 12.0. The lowest BCUT2D eigenvalue weighted by molar-refractivity contribution is -0.158. The van der Waals surface area contributed by atoms with Crippen molar-refractivity contribution in [3.8, 4) is 0 Å². The maximum Gasteiger partial charge on any atom is 0.312 e. The van der Waals surface area contributed by atoms with Crippen LogP contribution in [0, 0.1) is 19.3 Å². The van der Waals surface area contributed by atoms with Crippen LogP contribution >= 0.6 is 0 Å². The van der Waals surface area contributed by atoms with Crippen LogP contribution in [0.25, 0.3) is 0 Å². The van der Waals surface area contributed by atoms with Crippen molar-refractivity contribution >= 4 is 11.8 Å². The number of carbonyl (C=O) groups is 1. The standard InChI is InChI=1S/C20H24N2O3/c1-14-10-15(2)21-18(11-14)22-9-8-20(19(24)25,17(23)13-22)12-16-6-4-3-5-7-16/h3-7,10-11,17,23H,8-9,12-13H2,1-2H3,(H,24,25)/t17-,20+/m0/s1. The van der Waals surface area contributed by atoms with E-state index in [1.165, 1.54) is 0 Å². The molecule has 0 aliphatic carbocycles. The molecule has 2 heterocycles. The number of hydrogen-bond acceptors (Lipinski definition) is 4. The third kappa shape index (κ3) is 3.51. The van der Waals surface area contributed by atoms with Gasteiger partial charge in [0.25, 0.3) is 0 Å². The Labute approximate surface area is 147 Å². The molecule has 25 heavy (non-hydrogen) atoms. The molecule has 1 aliphatic heterocycles. The van der Waals surface area contributed by atoms with Gasteiger partial charge in [-0.25, -0.2) is 4.98 Å². The number of aliphatic hydroxyl groups is 1. The van der Waals surface area contributed by atoms with Crippen LogP contribution in [-0.2, 0) is 11.2 Å². The largest absolute Gasteiger partial charge is 0.481 e. The average Bonchev–Trinajstić information content (AvgIpc) is 2.56. The first kappa shape index (κ1) is 17.4. The van der Waals surface area contributed by atoms with E-state index in [1.54, 1.807) is 0 Å². The number of pyridine rings is 1. The molecule has 2 atom stereocenters. The Morgan fingerprint density at radius 1 is 1.28 bits per heavy atom. The number of β-amino-alcohol motifs (C(OH)–C–C–N with tert-alkyl or cyclic N) is 1. The van der Waals surface area contributed by atoms with E-state index in [0.717, 1.165) is 22.6 Å². The fraction of sp³-hybridized carbons (Fsp3) is 0.400. The molecule has 1 aromatic heterocycles. The summed E-state index contributed by atoms with van der Waals surface area (Å²) in [5, 5.41) is 20.6. The first-order valence-electron chi connectivity index (χ1n) is 8.56. The average molecular weight is 340 g/mol. The second-order valence-electron chi connectivity index (χ2n) is 6.98. The van der Waals surface area contributed by atoms with Crippen molar-refractivity contribution in [3.63, 3.8) is 0 Å². The number of carboxylic acids is 1. The molecule has 2 aromatic rings. The number of piperidine rings is 1. The second-order valence-corrected chi connectivity index (χ2v) is 6.98. The molecule has 132 valence electrons. The Hall–Kier alpha value is -2.40. The molecule has 1 saturated heterocycles. The molecule has 2 N–H and O–H groups in total. The summed E-state index contributed by atoms with van der Waals surface area (Å²) >= 11 is 0. The molecule has 5 nitrogen and oxygen atoms in total. The SMILES string of the molecule is Cc1cc(C)nc(N2CC[C@](Cc3ccccc3)(C(=O)O)[C@@H](O)C2)c1. The lowest BCUT2D eigenvalue weighted by atomic mass is 9.71. The van der Waals surface area contributed by atoms with Crippen LogP contribution < -0.4 is 4.90 Å². The van der Waals surface area contributed by atoms with Crippen LogP contribution in [0.3, 0.4) is 0 Å². The highest BCUT2D eigenvalue weighted by atomic mass is 16.4. The lowest BCUT2D eigenvalue weighted by Crippen LogP contribution is -2.56. The van der Waals surface area contributed by atoms with E-state index in [0.29, 0.717) is 19.4 Å². The van der Waals surface area contributed by atoms with Gasteiger partial charge in [-0.2, -0.15) is 0 Å². The number of aliphatic hydroxyl groups excluding tert-OH is 1. The van der Waals surface area contributed by atoms with Gasteiger partial charge in [0.2, 0.25) is 0 Å². The molecule has 1 fully saturated rings. The Balaban J connectivity index is 1.84. The van der Waals surface area contributed by atoms with Gasteiger partial charge in [-0.3, -0.25) is 4.79 Å². The molecule has 0 amide bonds. The third-order valence-electron chi connectivity index (χ3n) is 5.06. The Morgan fingerprint density at radius 3 is 2.60 bits per heavy atom.